The van der Waals surface area contributed by atoms with Crippen molar-refractivity contribution in [2.45, 2.75) is 12.5 Å². The van der Waals surface area contributed by atoms with Crippen LogP contribution in [0.3, 0.4) is 0 Å². The molecule has 0 saturated heterocycles. The molecular formula is C7H13ClN2O. The molecule has 0 aliphatic carbocycles. The Kier molecular flexibility index (Phi) is 4.94. The van der Waals surface area contributed by atoms with Gasteiger partial charge in [0, 0.05) is 11.6 Å². The lowest BCUT2D eigenvalue weighted by molar-refractivity contribution is 0.555. The predicted octanol–water partition coefficient (Wildman–Crippen LogP) is 1.05. The van der Waals surface area contributed by atoms with Gasteiger partial charge in [0.2, 0.25) is 0 Å². The maximum absolute atomic E-state index is 5.71. The topological polar surface area (TPSA) is 65.2 Å². The van der Waals surface area contributed by atoms with Gasteiger partial charge in [0.1, 0.15) is 0 Å². The summed E-state index contributed by atoms with van der Waals surface area (Å²) in [5.74, 6) is 0. The quantitative estimate of drug-likeness (QED) is 0.724. The number of rotatable bonds is 3. The molecule has 1 rings (SSSR count). The lowest BCUT2D eigenvalue weighted by atomic mass is 10.1. The monoisotopic (exact) mass is 176 g/mol. The molecule has 0 spiro atoms. The summed E-state index contributed by atoms with van der Waals surface area (Å²) < 4.78 is 4.86. The van der Waals surface area contributed by atoms with E-state index in [9.17, 15) is 0 Å². The van der Waals surface area contributed by atoms with Crippen LogP contribution in [0.5, 0.6) is 0 Å². The van der Waals surface area contributed by atoms with Crippen LogP contribution >= 0.6 is 12.4 Å². The summed E-state index contributed by atoms with van der Waals surface area (Å²) >= 11 is 0. The molecule has 1 atom stereocenters. The molecule has 0 aromatic carbocycles. The van der Waals surface area contributed by atoms with E-state index in [-0.39, 0.29) is 18.4 Å². The van der Waals surface area contributed by atoms with Crippen LogP contribution in [0.15, 0.2) is 23.0 Å². The molecule has 0 bridgehead atoms. The summed E-state index contributed by atoms with van der Waals surface area (Å²) in [4.78, 5) is 0. The Hall–Kier alpha value is -0.510. The summed E-state index contributed by atoms with van der Waals surface area (Å²) in [7, 11) is 0. The Morgan fingerprint density at radius 3 is 2.73 bits per heavy atom. The molecule has 11 heavy (non-hydrogen) atoms. The summed E-state index contributed by atoms with van der Waals surface area (Å²) in [5.41, 5.74) is 12.1. The molecule has 64 valence electrons. The Labute approximate surface area is 72.2 Å². The molecule has 0 radical (unpaired) electrons. The molecular weight excluding hydrogens is 164 g/mol. The standard InChI is InChI=1S/C7H12N2O.ClH/c8-3-1-7(9)6-2-4-10-5-6;/h2,4-5,7H,1,3,8-9H2;1H/t7-;/m1./s1. The summed E-state index contributed by atoms with van der Waals surface area (Å²) in [6.07, 6.45) is 4.07. The average Bonchev–Trinajstić information content (AvgIpc) is 2.38. The lowest BCUT2D eigenvalue weighted by Crippen LogP contribution is -2.14. The van der Waals surface area contributed by atoms with Crippen LogP contribution in [0.4, 0.5) is 0 Å². The van der Waals surface area contributed by atoms with Crippen LogP contribution in [-0.4, -0.2) is 6.54 Å². The minimum absolute atomic E-state index is 0. The molecule has 4 N–H and O–H groups in total. The zero-order chi connectivity index (χ0) is 7.40. The van der Waals surface area contributed by atoms with E-state index in [4.69, 9.17) is 15.9 Å². The van der Waals surface area contributed by atoms with E-state index in [1.54, 1.807) is 12.5 Å². The Morgan fingerprint density at radius 1 is 1.55 bits per heavy atom. The summed E-state index contributed by atoms with van der Waals surface area (Å²) in [6.45, 7) is 0.617. The van der Waals surface area contributed by atoms with E-state index >= 15 is 0 Å². The molecule has 3 nitrogen and oxygen atoms in total. The van der Waals surface area contributed by atoms with Crippen LogP contribution in [0.2, 0.25) is 0 Å². The fraction of sp³-hybridized carbons (Fsp3) is 0.429. The van der Waals surface area contributed by atoms with Gasteiger partial charge in [-0.25, -0.2) is 0 Å². The minimum Gasteiger partial charge on any atom is -0.472 e. The van der Waals surface area contributed by atoms with Crippen molar-refractivity contribution < 1.29 is 4.42 Å². The van der Waals surface area contributed by atoms with Crippen molar-refractivity contribution in [1.82, 2.24) is 0 Å². The van der Waals surface area contributed by atoms with Gasteiger partial charge < -0.3 is 15.9 Å². The number of halogens is 1. The van der Waals surface area contributed by atoms with E-state index in [0.717, 1.165) is 12.0 Å². The molecule has 0 fully saturated rings. The normalized spacial score (nSPS) is 12.2. The van der Waals surface area contributed by atoms with Gasteiger partial charge in [-0.3, -0.25) is 0 Å². The third kappa shape index (κ3) is 2.93. The van der Waals surface area contributed by atoms with Crippen molar-refractivity contribution in [2.24, 2.45) is 11.5 Å². The highest BCUT2D eigenvalue weighted by Crippen LogP contribution is 2.12. The smallest absolute Gasteiger partial charge is 0.0950 e. The second kappa shape index (κ2) is 5.18. The van der Waals surface area contributed by atoms with Gasteiger partial charge in [0.15, 0.2) is 0 Å². The second-order valence-corrected chi connectivity index (χ2v) is 2.24. The average molecular weight is 177 g/mol. The maximum atomic E-state index is 5.71. The van der Waals surface area contributed by atoms with E-state index in [2.05, 4.69) is 0 Å². The summed E-state index contributed by atoms with van der Waals surface area (Å²) in [6, 6.07) is 1.89. The van der Waals surface area contributed by atoms with Gasteiger partial charge in [-0.15, -0.1) is 12.4 Å². The molecule has 0 unspecified atom stereocenters. The molecule has 1 heterocycles. The third-order valence-corrected chi connectivity index (χ3v) is 1.45. The first-order chi connectivity index (χ1) is 4.84. The van der Waals surface area contributed by atoms with Gasteiger partial charge in [-0.05, 0) is 19.0 Å². The number of furan rings is 1. The van der Waals surface area contributed by atoms with Crippen molar-refractivity contribution >= 4 is 12.4 Å². The first kappa shape index (κ1) is 10.5. The van der Waals surface area contributed by atoms with Crippen molar-refractivity contribution in [3.05, 3.63) is 24.2 Å². The predicted molar refractivity (Wildman–Crippen MR) is 46.6 cm³/mol. The van der Waals surface area contributed by atoms with Gasteiger partial charge in [-0.2, -0.15) is 0 Å². The lowest BCUT2D eigenvalue weighted by Gasteiger charge is -2.05. The van der Waals surface area contributed by atoms with Crippen LogP contribution in [-0.2, 0) is 0 Å². The Morgan fingerprint density at radius 2 is 2.27 bits per heavy atom. The fourth-order valence-corrected chi connectivity index (χ4v) is 0.832. The Balaban J connectivity index is 0.000001000. The minimum atomic E-state index is 0. The van der Waals surface area contributed by atoms with Gasteiger partial charge >= 0.3 is 0 Å². The number of hydrogen-bond donors (Lipinski definition) is 2. The molecule has 1 aromatic rings. The highest BCUT2D eigenvalue weighted by Gasteiger charge is 2.04. The third-order valence-electron chi connectivity index (χ3n) is 1.45. The number of nitrogens with two attached hydrogens (primary N) is 2. The largest absolute Gasteiger partial charge is 0.472 e. The Bertz CT molecular complexity index is 177. The van der Waals surface area contributed by atoms with Crippen molar-refractivity contribution in [1.29, 1.82) is 0 Å². The molecule has 0 aliphatic rings. The van der Waals surface area contributed by atoms with E-state index in [1.165, 1.54) is 0 Å². The van der Waals surface area contributed by atoms with E-state index < -0.39 is 0 Å². The zero-order valence-corrected chi connectivity index (χ0v) is 7.01. The molecule has 0 saturated carbocycles. The van der Waals surface area contributed by atoms with Crippen LogP contribution in [0.25, 0.3) is 0 Å². The first-order valence-corrected chi connectivity index (χ1v) is 3.32. The van der Waals surface area contributed by atoms with Gasteiger partial charge in [-0.1, -0.05) is 0 Å². The molecule has 1 aromatic heterocycles. The first-order valence-electron chi connectivity index (χ1n) is 3.32. The van der Waals surface area contributed by atoms with E-state index in [1.807, 2.05) is 6.07 Å². The fourth-order valence-electron chi connectivity index (χ4n) is 0.832. The SMILES string of the molecule is Cl.NCC[C@@H](N)c1ccoc1. The number of hydrogen-bond acceptors (Lipinski definition) is 3. The molecule has 4 heteroatoms. The van der Waals surface area contributed by atoms with Crippen LogP contribution < -0.4 is 11.5 Å². The maximum Gasteiger partial charge on any atom is 0.0950 e. The van der Waals surface area contributed by atoms with Crippen LogP contribution in [0, 0.1) is 0 Å². The van der Waals surface area contributed by atoms with Gasteiger partial charge in [0.25, 0.3) is 0 Å². The van der Waals surface area contributed by atoms with Gasteiger partial charge in [0.05, 0.1) is 12.5 Å². The highest BCUT2D eigenvalue weighted by atomic mass is 35.5. The summed E-state index contributed by atoms with van der Waals surface area (Å²) in [5, 5.41) is 0. The second-order valence-electron chi connectivity index (χ2n) is 2.24. The van der Waals surface area contributed by atoms with Crippen molar-refractivity contribution in [3.8, 4) is 0 Å². The van der Waals surface area contributed by atoms with Crippen LogP contribution in [0.1, 0.15) is 18.0 Å². The zero-order valence-electron chi connectivity index (χ0n) is 6.19. The highest BCUT2D eigenvalue weighted by molar-refractivity contribution is 5.85. The van der Waals surface area contributed by atoms with Crippen molar-refractivity contribution in [3.63, 3.8) is 0 Å². The molecule has 0 amide bonds. The van der Waals surface area contributed by atoms with E-state index in [0.29, 0.717) is 6.54 Å². The molecule has 0 aliphatic heterocycles. The van der Waals surface area contributed by atoms with Crippen molar-refractivity contribution in [2.75, 3.05) is 6.54 Å².